The van der Waals surface area contributed by atoms with Crippen molar-refractivity contribution in [2.75, 3.05) is 11.3 Å². The summed E-state index contributed by atoms with van der Waals surface area (Å²) in [6.45, 7) is -5.28. The van der Waals surface area contributed by atoms with Gasteiger partial charge >= 0.3 is 6.98 Å². The van der Waals surface area contributed by atoms with E-state index in [0.717, 1.165) is 12.1 Å². The van der Waals surface area contributed by atoms with E-state index in [1.54, 1.807) is 0 Å². The van der Waals surface area contributed by atoms with Gasteiger partial charge in [-0.2, -0.15) is 0 Å². The standard InChI is InChI=1S/C9H4BBrF4NO2/c11-6-2-4(12)1-5-7(6)16(3-10(13,14)15)9(18)8(5)17/h1-2H,3H2/q-1. The van der Waals surface area contributed by atoms with Crippen LogP contribution in [0.5, 0.6) is 0 Å². The van der Waals surface area contributed by atoms with Crippen LogP contribution in [-0.4, -0.2) is 25.1 Å². The quantitative estimate of drug-likeness (QED) is 0.476. The van der Waals surface area contributed by atoms with E-state index in [1.807, 2.05) is 0 Å². The van der Waals surface area contributed by atoms with Crippen molar-refractivity contribution in [3.05, 3.63) is 28.0 Å². The maximum atomic E-state index is 13.1. The van der Waals surface area contributed by atoms with E-state index in [2.05, 4.69) is 15.9 Å². The highest BCUT2D eigenvalue weighted by atomic mass is 79.9. The molecule has 0 radical (unpaired) electrons. The average molecular weight is 325 g/mol. The number of halogens is 5. The number of anilines is 1. The van der Waals surface area contributed by atoms with Gasteiger partial charge in [0.1, 0.15) is 5.82 Å². The molecule has 0 aromatic heterocycles. The molecule has 9 heteroatoms. The molecule has 96 valence electrons. The van der Waals surface area contributed by atoms with Crippen LogP contribution in [0.3, 0.4) is 0 Å². The Morgan fingerprint density at radius 3 is 2.39 bits per heavy atom. The van der Waals surface area contributed by atoms with Crippen LogP contribution in [0, 0.1) is 5.82 Å². The summed E-state index contributed by atoms with van der Waals surface area (Å²) in [5, 5.41) is 0. The molecule has 1 aliphatic heterocycles. The number of benzene rings is 1. The number of carbonyl (C=O) groups excluding carboxylic acids is 2. The van der Waals surface area contributed by atoms with Crippen molar-refractivity contribution in [2.24, 2.45) is 0 Å². The Labute approximate surface area is 107 Å². The van der Waals surface area contributed by atoms with E-state index in [-0.39, 0.29) is 15.7 Å². The molecule has 0 atom stereocenters. The van der Waals surface area contributed by atoms with Crippen molar-refractivity contribution in [1.29, 1.82) is 0 Å². The van der Waals surface area contributed by atoms with Gasteiger partial charge in [-0.05, 0) is 34.5 Å². The SMILES string of the molecule is O=C1C(=O)N(C[B-](F)(F)F)c2c(Br)cc(F)cc21. The average Bonchev–Trinajstić information content (AvgIpc) is 2.42. The second-order valence-corrected chi connectivity index (χ2v) is 4.59. The molecule has 0 unspecified atom stereocenters. The number of ketones is 1. The number of Topliss-reactive ketones (excluding diaryl/α,β-unsaturated/α-hetero) is 1. The molecule has 0 fully saturated rings. The molecule has 18 heavy (non-hydrogen) atoms. The van der Waals surface area contributed by atoms with Gasteiger partial charge in [0, 0.05) is 4.47 Å². The largest absolute Gasteiger partial charge is 0.497 e. The monoisotopic (exact) mass is 324 g/mol. The van der Waals surface area contributed by atoms with E-state index in [1.165, 1.54) is 0 Å². The van der Waals surface area contributed by atoms with E-state index < -0.39 is 30.9 Å². The fourth-order valence-electron chi connectivity index (χ4n) is 1.73. The van der Waals surface area contributed by atoms with Gasteiger partial charge in [0.2, 0.25) is 0 Å². The molecule has 1 aromatic rings. The lowest BCUT2D eigenvalue weighted by Crippen LogP contribution is -2.41. The van der Waals surface area contributed by atoms with E-state index in [9.17, 15) is 26.9 Å². The molecule has 0 spiro atoms. The molecule has 0 N–H and O–H groups in total. The van der Waals surface area contributed by atoms with E-state index in [4.69, 9.17) is 0 Å². The number of carbonyl (C=O) groups is 2. The molecule has 0 saturated heterocycles. The zero-order valence-corrected chi connectivity index (χ0v) is 10.2. The topological polar surface area (TPSA) is 37.4 Å². The summed E-state index contributed by atoms with van der Waals surface area (Å²) in [6.07, 6.45) is -1.53. The molecule has 1 heterocycles. The lowest BCUT2D eigenvalue weighted by atomic mass is 9.91. The summed E-state index contributed by atoms with van der Waals surface area (Å²) < 4.78 is 50.1. The van der Waals surface area contributed by atoms with Gasteiger partial charge in [-0.25, -0.2) is 4.39 Å². The van der Waals surface area contributed by atoms with Gasteiger partial charge in [0.15, 0.2) is 0 Å². The first kappa shape index (κ1) is 13.1. The Hall–Kier alpha value is -1.38. The highest BCUT2D eigenvalue weighted by molar-refractivity contribution is 9.10. The normalized spacial score (nSPS) is 15.3. The summed E-state index contributed by atoms with van der Waals surface area (Å²) >= 11 is 2.85. The maximum absolute atomic E-state index is 13.1. The summed E-state index contributed by atoms with van der Waals surface area (Å²) in [7, 11) is 0. The highest BCUT2D eigenvalue weighted by Crippen LogP contribution is 2.37. The van der Waals surface area contributed by atoms with Gasteiger partial charge in [-0.3, -0.25) is 9.59 Å². The van der Waals surface area contributed by atoms with Crippen LogP contribution in [-0.2, 0) is 4.79 Å². The lowest BCUT2D eigenvalue weighted by molar-refractivity contribution is -0.114. The molecular formula is C9H4BBrF4NO2-. The highest BCUT2D eigenvalue weighted by Gasteiger charge is 2.41. The van der Waals surface area contributed by atoms with Crippen molar-refractivity contribution in [2.45, 2.75) is 0 Å². The first-order valence-corrected chi connectivity index (χ1v) is 5.56. The summed E-state index contributed by atoms with van der Waals surface area (Å²) in [4.78, 5) is 23.2. The number of hydrogen-bond acceptors (Lipinski definition) is 2. The molecule has 0 saturated carbocycles. The molecule has 3 nitrogen and oxygen atoms in total. The smallest absolute Gasteiger partial charge is 0.448 e. The second-order valence-electron chi connectivity index (χ2n) is 3.74. The second kappa shape index (κ2) is 4.08. The minimum Gasteiger partial charge on any atom is -0.448 e. The molecule has 1 aliphatic rings. The van der Waals surface area contributed by atoms with Gasteiger partial charge in [0.05, 0.1) is 11.3 Å². The molecule has 1 amide bonds. The maximum Gasteiger partial charge on any atom is 0.497 e. The Kier molecular flexibility index (Phi) is 2.96. The third-order valence-corrected chi connectivity index (χ3v) is 2.98. The van der Waals surface area contributed by atoms with E-state index in [0.29, 0.717) is 4.90 Å². The van der Waals surface area contributed by atoms with E-state index >= 15 is 0 Å². The zero-order chi connectivity index (χ0) is 13.7. The lowest BCUT2D eigenvalue weighted by Gasteiger charge is -2.24. The van der Waals surface area contributed by atoms with Gasteiger partial charge in [-0.15, -0.1) is 0 Å². The number of hydrogen-bond donors (Lipinski definition) is 0. The van der Waals surface area contributed by atoms with Crippen molar-refractivity contribution >= 4 is 40.3 Å². The molecule has 2 rings (SSSR count). The van der Waals surface area contributed by atoms with Crippen LogP contribution in [0.25, 0.3) is 0 Å². The molecular weight excluding hydrogens is 321 g/mol. The number of rotatable bonds is 2. The predicted molar refractivity (Wildman–Crippen MR) is 59.9 cm³/mol. The van der Waals surface area contributed by atoms with Crippen molar-refractivity contribution < 1.29 is 26.9 Å². The van der Waals surface area contributed by atoms with Crippen molar-refractivity contribution in [3.8, 4) is 0 Å². The first-order chi connectivity index (χ1) is 8.20. The third-order valence-electron chi connectivity index (χ3n) is 2.37. The number of amides is 1. The van der Waals surface area contributed by atoms with Crippen LogP contribution in [0.1, 0.15) is 10.4 Å². The Morgan fingerprint density at radius 2 is 1.83 bits per heavy atom. The Bertz CT molecular complexity index is 560. The molecule has 0 aliphatic carbocycles. The van der Waals surface area contributed by atoms with Crippen molar-refractivity contribution in [3.63, 3.8) is 0 Å². The summed E-state index contributed by atoms with van der Waals surface area (Å²) in [6, 6.07) is 1.66. The van der Waals surface area contributed by atoms with Gasteiger partial charge in [-0.1, -0.05) is 0 Å². The van der Waals surface area contributed by atoms with Crippen molar-refractivity contribution in [1.82, 2.24) is 0 Å². The fourth-order valence-corrected chi connectivity index (χ4v) is 2.38. The number of fused-ring (bicyclic) bond motifs is 1. The summed E-state index contributed by atoms with van der Waals surface area (Å²) in [5.41, 5.74) is -0.586. The number of nitrogens with zero attached hydrogens (tertiary/aromatic N) is 1. The van der Waals surface area contributed by atoms with Gasteiger partial charge in [0.25, 0.3) is 11.7 Å². The first-order valence-electron chi connectivity index (χ1n) is 4.77. The predicted octanol–water partition coefficient (Wildman–Crippen LogP) is 2.50. The third kappa shape index (κ3) is 2.14. The van der Waals surface area contributed by atoms with Crippen LogP contribution >= 0.6 is 15.9 Å². The van der Waals surface area contributed by atoms with Crippen LogP contribution in [0.2, 0.25) is 0 Å². The van der Waals surface area contributed by atoms with Gasteiger partial charge < -0.3 is 17.8 Å². The minimum absolute atomic E-state index is 0.0586. The summed E-state index contributed by atoms with van der Waals surface area (Å²) in [5.74, 6) is -3.23. The Morgan fingerprint density at radius 1 is 1.22 bits per heavy atom. The fraction of sp³-hybridized carbons (Fsp3) is 0.111. The molecule has 0 bridgehead atoms. The Balaban J connectivity index is 2.55. The zero-order valence-electron chi connectivity index (χ0n) is 8.59. The minimum atomic E-state index is -5.28. The molecule has 1 aromatic carbocycles. The van der Waals surface area contributed by atoms with Crippen LogP contribution in [0.4, 0.5) is 23.0 Å². The van der Waals surface area contributed by atoms with Crippen LogP contribution < -0.4 is 4.90 Å². The van der Waals surface area contributed by atoms with Crippen LogP contribution in [0.15, 0.2) is 16.6 Å².